The molecule has 2 aromatic rings. The first-order valence-corrected chi connectivity index (χ1v) is 7.40. The Labute approximate surface area is 143 Å². The zero-order chi connectivity index (χ0) is 16.8. The van der Waals surface area contributed by atoms with Crippen LogP contribution in [0.4, 0.5) is 0 Å². The van der Waals surface area contributed by atoms with Crippen LogP contribution in [0.25, 0.3) is 0 Å². The summed E-state index contributed by atoms with van der Waals surface area (Å²) >= 11 is 11.8. The molecular weight excluding hydrogens is 339 g/mol. The van der Waals surface area contributed by atoms with Crippen LogP contribution in [0.2, 0.25) is 10.0 Å². The molecule has 0 aliphatic carbocycles. The van der Waals surface area contributed by atoms with Gasteiger partial charge in [0.25, 0.3) is 11.8 Å². The Kier molecular flexibility index (Phi) is 5.98. The fourth-order valence-corrected chi connectivity index (χ4v) is 2.22. The quantitative estimate of drug-likeness (QED) is 0.830. The minimum Gasteiger partial charge on any atom is -0.380 e. The second kappa shape index (κ2) is 7.97. The van der Waals surface area contributed by atoms with Gasteiger partial charge in [-0.25, -0.2) is 0 Å². The van der Waals surface area contributed by atoms with E-state index in [4.69, 9.17) is 27.9 Å². The van der Waals surface area contributed by atoms with Crippen molar-refractivity contribution in [3.05, 3.63) is 69.2 Å². The van der Waals surface area contributed by atoms with E-state index in [1.165, 1.54) is 12.1 Å². The Hall–Kier alpha value is -2.08. The summed E-state index contributed by atoms with van der Waals surface area (Å²) in [5, 5.41) is 0.615. The third-order valence-electron chi connectivity index (χ3n) is 2.99. The van der Waals surface area contributed by atoms with Crippen molar-refractivity contribution in [3.63, 3.8) is 0 Å². The van der Waals surface area contributed by atoms with Crippen molar-refractivity contribution < 1.29 is 14.3 Å². The highest BCUT2D eigenvalue weighted by molar-refractivity contribution is 6.35. The molecule has 0 spiro atoms. The molecule has 0 radical (unpaired) electrons. The molecule has 2 aromatic carbocycles. The first kappa shape index (κ1) is 17.3. The predicted molar refractivity (Wildman–Crippen MR) is 88.5 cm³/mol. The normalized spacial score (nSPS) is 10.2. The van der Waals surface area contributed by atoms with Crippen molar-refractivity contribution in [2.24, 2.45) is 0 Å². The van der Waals surface area contributed by atoms with E-state index in [9.17, 15) is 9.59 Å². The van der Waals surface area contributed by atoms with Crippen LogP contribution in [0.3, 0.4) is 0 Å². The zero-order valence-electron chi connectivity index (χ0n) is 12.2. The van der Waals surface area contributed by atoms with Crippen molar-refractivity contribution >= 4 is 35.0 Å². The zero-order valence-corrected chi connectivity index (χ0v) is 13.7. The smallest absolute Gasteiger partial charge is 0.271 e. The van der Waals surface area contributed by atoms with Gasteiger partial charge < -0.3 is 4.74 Å². The van der Waals surface area contributed by atoms with E-state index in [1.54, 1.807) is 37.4 Å². The summed E-state index contributed by atoms with van der Waals surface area (Å²) in [5.41, 5.74) is 6.15. The average molecular weight is 353 g/mol. The lowest BCUT2D eigenvalue weighted by atomic mass is 10.1. The molecule has 0 bridgehead atoms. The lowest BCUT2D eigenvalue weighted by Gasteiger charge is -2.09. The van der Waals surface area contributed by atoms with E-state index in [2.05, 4.69) is 10.9 Å². The molecule has 0 aliphatic heterocycles. The molecule has 7 heteroatoms. The molecule has 0 fully saturated rings. The monoisotopic (exact) mass is 352 g/mol. The van der Waals surface area contributed by atoms with Gasteiger partial charge in [0.2, 0.25) is 0 Å². The minimum atomic E-state index is -0.554. The fourth-order valence-electron chi connectivity index (χ4n) is 1.84. The van der Waals surface area contributed by atoms with Crippen LogP contribution in [-0.2, 0) is 11.3 Å². The van der Waals surface area contributed by atoms with E-state index in [0.717, 1.165) is 5.56 Å². The van der Waals surface area contributed by atoms with Crippen LogP contribution >= 0.6 is 23.2 Å². The number of benzene rings is 2. The first-order valence-electron chi connectivity index (χ1n) is 6.65. The molecule has 0 aliphatic rings. The van der Waals surface area contributed by atoms with Gasteiger partial charge in [-0.3, -0.25) is 20.4 Å². The summed E-state index contributed by atoms with van der Waals surface area (Å²) in [7, 11) is 1.59. The van der Waals surface area contributed by atoms with Gasteiger partial charge in [-0.2, -0.15) is 0 Å². The van der Waals surface area contributed by atoms with E-state index in [0.29, 0.717) is 17.2 Å². The van der Waals surface area contributed by atoms with E-state index >= 15 is 0 Å². The summed E-state index contributed by atoms with van der Waals surface area (Å²) in [5.74, 6) is -0.998. The lowest BCUT2D eigenvalue weighted by Crippen LogP contribution is -2.41. The van der Waals surface area contributed by atoms with Gasteiger partial charge in [-0.1, -0.05) is 35.3 Å². The highest BCUT2D eigenvalue weighted by atomic mass is 35.5. The Bertz CT molecular complexity index is 718. The molecule has 2 amide bonds. The highest BCUT2D eigenvalue weighted by Crippen LogP contribution is 2.20. The summed E-state index contributed by atoms with van der Waals surface area (Å²) in [4.78, 5) is 24.0. The molecule has 5 nitrogen and oxygen atoms in total. The SMILES string of the molecule is COCc1ccc(C(=O)NNC(=O)c2cc(Cl)ccc2Cl)cc1. The molecule has 0 heterocycles. The molecular formula is C16H14Cl2N2O3. The molecule has 23 heavy (non-hydrogen) atoms. The Morgan fingerprint density at radius 1 is 1.00 bits per heavy atom. The van der Waals surface area contributed by atoms with E-state index in [-0.39, 0.29) is 10.6 Å². The number of carbonyl (C=O) groups excluding carboxylic acids is 2. The van der Waals surface area contributed by atoms with Crippen molar-refractivity contribution in [2.75, 3.05) is 7.11 Å². The van der Waals surface area contributed by atoms with Crippen molar-refractivity contribution in [3.8, 4) is 0 Å². The van der Waals surface area contributed by atoms with Gasteiger partial charge in [0.05, 0.1) is 17.2 Å². The molecule has 0 saturated heterocycles. The van der Waals surface area contributed by atoms with Crippen LogP contribution < -0.4 is 10.9 Å². The van der Waals surface area contributed by atoms with Gasteiger partial charge in [-0.05, 0) is 35.9 Å². The fraction of sp³-hybridized carbons (Fsp3) is 0.125. The molecule has 2 rings (SSSR count). The van der Waals surface area contributed by atoms with Gasteiger partial charge >= 0.3 is 0 Å². The number of hydrazine groups is 1. The highest BCUT2D eigenvalue weighted by Gasteiger charge is 2.12. The maximum Gasteiger partial charge on any atom is 0.271 e. The topological polar surface area (TPSA) is 67.4 Å². The molecule has 0 unspecified atom stereocenters. The summed E-state index contributed by atoms with van der Waals surface area (Å²) in [6.07, 6.45) is 0. The van der Waals surface area contributed by atoms with Gasteiger partial charge in [0.1, 0.15) is 0 Å². The summed E-state index contributed by atoms with van der Waals surface area (Å²) in [6, 6.07) is 11.3. The number of hydrogen-bond acceptors (Lipinski definition) is 3. The van der Waals surface area contributed by atoms with Gasteiger partial charge in [0, 0.05) is 17.7 Å². The molecule has 0 aromatic heterocycles. The standard InChI is InChI=1S/C16H14Cl2N2O3/c1-23-9-10-2-4-11(5-3-10)15(21)19-20-16(22)13-8-12(17)6-7-14(13)18/h2-8H,9H2,1H3,(H,19,21)(H,20,22). The first-order chi connectivity index (χ1) is 11.0. The Morgan fingerprint density at radius 3 is 2.30 bits per heavy atom. The van der Waals surface area contributed by atoms with Crippen LogP contribution in [0, 0.1) is 0 Å². The van der Waals surface area contributed by atoms with Crippen molar-refractivity contribution in [1.29, 1.82) is 0 Å². The number of methoxy groups -OCH3 is 1. The third-order valence-corrected chi connectivity index (χ3v) is 3.55. The molecule has 0 saturated carbocycles. The molecule has 0 atom stereocenters. The minimum absolute atomic E-state index is 0.176. The third kappa shape index (κ3) is 4.69. The second-order valence-corrected chi connectivity index (χ2v) is 5.51. The second-order valence-electron chi connectivity index (χ2n) is 4.66. The Morgan fingerprint density at radius 2 is 1.65 bits per heavy atom. The van der Waals surface area contributed by atoms with Gasteiger partial charge in [0.15, 0.2) is 0 Å². The molecule has 120 valence electrons. The molecule has 2 N–H and O–H groups in total. The predicted octanol–water partition coefficient (Wildman–Crippen LogP) is 3.21. The maximum atomic E-state index is 12.0. The van der Waals surface area contributed by atoms with Crippen LogP contribution in [0.5, 0.6) is 0 Å². The summed E-state index contributed by atoms with van der Waals surface area (Å²) < 4.78 is 5.00. The lowest BCUT2D eigenvalue weighted by molar-refractivity contribution is 0.0846. The van der Waals surface area contributed by atoms with Crippen LogP contribution in [0.15, 0.2) is 42.5 Å². The van der Waals surface area contributed by atoms with Crippen LogP contribution in [-0.4, -0.2) is 18.9 Å². The number of carbonyl (C=O) groups is 2. The van der Waals surface area contributed by atoms with Crippen LogP contribution in [0.1, 0.15) is 26.3 Å². The van der Waals surface area contributed by atoms with Crippen molar-refractivity contribution in [2.45, 2.75) is 6.61 Å². The van der Waals surface area contributed by atoms with E-state index < -0.39 is 11.8 Å². The largest absolute Gasteiger partial charge is 0.380 e. The number of halogens is 2. The summed E-state index contributed by atoms with van der Waals surface area (Å²) in [6.45, 7) is 0.464. The number of nitrogens with one attached hydrogen (secondary N) is 2. The number of hydrogen-bond donors (Lipinski definition) is 2. The van der Waals surface area contributed by atoms with Gasteiger partial charge in [-0.15, -0.1) is 0 Å². The number of ether oxygens (including phenoxy) is 1. The average Bonchev–Trinajstić information content (AvgIpc) is 2.55. The number of amides is 2. The van der Waals surface area contributed by atoms with E-state index in [1.807, 2.05) is 0 Å². The number of rotatable bonds is 4. The Balaban J connectivity index is 1.98. The van der Waals surface area contributed by atoms with Crippen molar-refractivity contribution in [1.82, 2.24) is 10.9 Å². The maximum absolute atomic E-state index is 12.0.